The Balaban J connectivity index is 1.82. The number of hydrogen-bond donors (Lipinski definition) is 3. The van der Waals surface area contributed by atoms with Gasteiger partial charge in [0.1, 0.15) is 5.39 Å². The van der Waals surface area contributed by atoms with E-state index in [9.17, 15) is 4.79 Å². The van der Waals surface area contributed by atoms with Crippen molar-refractivity contribution in [2.75, 3.05) is 11.1 Å². The zero-order valence-corrected chi connectivity index (χ0v) is 12.3. The molecule has 2 heterocycles. The molecule has 0 amide bonds. The number of aromatic amines is 2. The number of hydrogen-bond acceptors (Lipinski definition) is 5. The SMILES string of the molecule is CCSC1CCCCC1Nc1nc2[nH]ncc2c(=O)[nH]1. The highest BCUT2D eigenvalue weighted by Gasteiger charge is 2.25. The molecule has 1 fully saturated rings. The third-order valence-corrected chi connectivity index (χ3v) is 5.05. The van der Waals surface area contributed by atoms with Gasteiger partial charge in [0.25, 0.3) is 5.56 Å². The Labute approximate surface area is 121 Å². The number of aromatic nitrogens is 4. The van der Waals surface area contributed by atoms with Gasteiger partial charge in [-0.1, -0.05) is 19.8 Å². The summed E-state index contributed by atoms with van der Waals surface area (Å²) < 4.78 is 0. The van der Waals surface area contributed by atoms with Gasteiger partial charge in [0.2, 0.25) is 5.95 Å². The third kappa shape index (κ3) is 2.67. The van der Waals surface area contributed by atoms with Crippen LogP contribution >= 0.6 is 11.8 Å². The van der Waals surface area contributed by atoms with E-state index >= 15 is 0 Å². The minimum absolute atomic E-state index is 0.151. The highest BCUT2D eigenvalue weighted by atomic mass is 32.2. The molecule has 0 bridgehead atoms. The molecule has 2 unspecified atom stereocenters. The van der Waals surface area contributed by atoms with Crippen LogP contribution in [0.15, 0.2) is 11.0 Å². The maximum absolute atomic E-state index is 11.9. The Morgan fingerprint density at radius 1 is 1.45 bits per heavy atom. The van der Waals surface area contributed by atoms with Gasteiger partial charge in [0.15, 0.2) is 5.65 Å². The first-order valence-corrected chi connectivity index (χ1v) is 8.14. The van der Waals surface area contributed by atoms with Gasteiger partial charge in [-0.15, -0.1) is 0 Å². The second-order valence-corrected chi connectivity index (χ2v) is 6.59. The second kappa shape index (κ2) is 5.87. The summed E-state index contributed by atoms with van der Waals surface area (Å²) in [6.45, 7) is 2.19. The molecule has 0 aromatic carbocycles. The van der Waals surface area contributed by atoms with E-state index in [-0.39, 0.29) is 5.56 Å². The van der Waals surface area contributed by atoms with Gasteiger partial charge in [0.05, 0.1) is 6.20 Å². The van der Waals surface area contributed by atoms with Crippen molar-refractivity contribution in [2.45, 2.75) is 43.9 Å². The Morgan fingerprint density at radius 2 is 2.30 bits per heavy atom. The van der Waals surface area contributed by atoms with Crippen molar-refractivity contribution in [3.8, 4) is 0 Å². The highest BCUT2D eigenvalue weighted by molar-refractivity contribution is 7.99. The lowest BCUT2D eigenvalue weighted by molar-refractivity contribution is 0.473. The van der Waals surface area contributed by atoms with Gasteiger partial charge in [-0.05, 0) is 18.6 Å². The molecule has 2 atom stereocenters. The normalized spacial score (nSPS) is 23.1. The molecule has 1 saturated carbocycles. The summed E-state index contributed by atoms with van der Waals surface area (Å²) in [5.74, 6) is 1.66. The summed E-state index contributed by atoms with van der Waals surface area (Å²) in [5.41, 5.74) is 0.383. The fourth-order valence-corrected chi connectivity index (χ4v) is 3.96. The summed E-state index contributed by atoms with van der Waals surface area (Å²) in [4.78, 5) is 19.1. The average molecular weight is 293 g/mol. The molecule has 2 aromatic rings. The summed E-state index contributed by atoms with van der Waals surface area (Å²) >= 11 is 1.99. The second-order valence-electron chi connectivity index (χ2n) is 5.08. The molecule has 3 rings (SSSR count). The van der Waals surface area contributed by atoms with E-state index in [0.29, 0.717) is 28.3 Å². The van der Waals surface area contributed by atoms with Crippen molar-refractivity contribution in [3.05, 3.63) is 16.6 Å². The van der Waals surface area contributed by atoms with Gasteiger partial charge in [0, 0.05) is 11.3 Å². The predicted octanol–water partition coefficient (Wildman–Crippen LogP) is 2.12. The highest BCUT2D eigenvalue weighted by Crippen LogP contribution is 2.30. The van der Waals surface area contributed by atoms with Crippen LogP contribution in [0.5, 0.6) is 0 Å². The smallest absolute Gasteiger partial charge is 0.263 e. The minimum atomic E-state index is -0.151. The molecule has 1 aliphatic carbocycles. The number of rotatable bonds is 4. The van der Waals surface area contributed by atoms with Crippen molar-refractivity contribution >= 4 is 28.7 Å². The Bertz CT molecular complexity index is 635. The van der Waals surface area contributed by atoms with Gasteiger partial charge >= 0.3 is 0 Å². The fourth-order valence-electron chi connectivity index (χ4n) is 2.76. The number of nitrogens with one attached hydrogen (secondary N) is 3. The van der Waals surface area contributed by atoms with Crippen LogP contribution < -0.4 is 10.9 Å². The molecule has 3 N–H and O–H groups in total. The van der Waals surface area contributed by atoms with Crippen molar-refractivity contribution in [3.63, 3.8) is 0 Å². The van der Waals surface area contributed by atoms with E-state index in [2.05, 4.69) is 32.4 Å². The number of anilines is 1. The molecular formula is C13H19N5OS. The van der Waals surface area contributed by atoms with Crippen molar-refractivity contribution < 1.29 is 0 Å². The van der Waals surface area contributed by atoms with Crippen LogP contribution in [-0.2, 0) is 0 Å². The van der Waals surface area contributed by atoms with Crippen LogP contribution in [0, 0.1) is 0 Å². The Kier molecular flexibility index (Phi) is 3.95. The zero-order chi connectivity index (χ0) is 13.9. The lowest BCUT2D eigenvalue weighted by Crippen LogP contribution is -2.35. The van der Waals surface area contributed by atoms with Crippen LogP contribution in [0.1, 0.15) is 32.6 Å². The third-order valence-electron chi connectivity index (χ3n) is 3.72. The van der Waals surface area contributed by atoms with Crippen molar-refractivity contribution in [2.24, 2.45) is 0 Å². The largest absolute Gasteiger partial charge is 0.352 e. The average Bonchev–Trinajstić information content (AvgIpc) is 2.90. The summed E-state index contributed by atoms with van der Waals surface area (Å²) in [7, 11) is 0. The first kappa shape index (κ1) is 13.5. The molecule has 0 saturated heterocycles. The van der Waals surface area contributed by atoms with E-state index in [1.165, 1.54) is 25.5 Å². The van der Waals surface area contributed by atoms with Gasteiger partial charge in [-0.2, -0.15) is 21.8 Å². The molecule has 6 nitrogen and oxygen atoms in total. The van der Waals surface area contributed by atoms with Crippen molar-refractivity contribution in [1.29, 1.82) is 0 Å². The molecule has 0 radical (unpaired) electrons. The lowest BCUT2D eigenvalue weighted by Gasteiger charge is -2.31. The number of thioether (sulfide) groups is 1. The van der Waals surface area contributed by atoms with E-state index in [1.807, 2.05) is 11.8 Å². The summed E-state index contributed by atoms with van der Waals surface area (Å²) in [5, 5.41) is 11.1. The maximum Gasteiger partial charge on any atom is 0.263 e. The van der Waals surface area contributed by atoms with E-state index in [1.54, 1.807) is 0 Å². The number of nitrogens with zero attached hydrogens (tertiary/aromatic N) is 2. The maximum atomic E-state index is 11.9. The van der Waals surface area contributed by atoms with Crippen LogP contribution in [-0.4, -0.2) is 37.2 Å². The molecule has 108 valence electrons. The fraction of sp³-hybridized carbons (Fsp3) is 0.615. The van der Waals surface area contributed by atoms with Crippen LogP contribution in [0.3, 0.4) is 0 Å². The van der Waals surface area contributed by atoms with E-state index < -0.39 is 0 Å². The first-order valence-electron chi connectivity index (χ1n) is 7.09. The Morgan fingerprint density at radius 3 is 3.15 bits per heavy atom. The molecule has 2 aromatic heterocycles. The molecule has 0 aliphatic heterocycles. The predicted molar refractivity (Wildman–Crippen MR) is 82.3 cm³/mol. The zero-order valence-electron chi connectivity index (χ0n) is 11.5. The molecular weight excluding hydrogens is 274 g/mol. The topological polar surface area (TPSA) is 86.5 Å². The molecule has 1 aliphatic rings. The number of H-pyrrole nitrogens is 2. The van der Waals surface area contributed by atoms with Crippen LogP contribution in [0.2, 0.25) is 0 Å². The monoisotopic (exact) mass is 293 g/mol. The first-order chi connectivity index (χ1) is 9.78. The van der Waals surface area contributed by atoms with Crippen LogP contribution in [0.25, 0.3) is 11.0 Å². The molecule has 7 heteroatoms. The summed E-state index contributed by atoms with van der Waals surface area (Å²) in [6.07, 6.45) is 6.38. The lowest BCUT2D eigenvalue weighted by atomic mass is 9.95. The Hall–Kier alpha value is -1.50. The van der Waals surface area contributed by atoms with Gasteiger partial charge in [-0.25, -0.2) is 0 Å². The summed E-state index contributed by atoms with van der Waals surface area (Å²) in [6, 6.07) is 0.372. The van der Waals surface area contributed by atoms with Crippen LogP contribution in [0.4, 0.5) is 5.95 Å². The van der Waals surface area contributed by atoms with E-state index in [4.69, 9.17) is 0 Å². The standard InChI is InChI=1S/C13H19N5OS/c1-2-20-10-6-4-3-5-9(10)15-13-16-11-8(7-14-18-11)12(19)17-13/h7,9-10H,2-6H2,1H3,(H3,14,15,16,17,18,19). The quantitative estimate of drug-likeness (QED) is 0.804. The minimum Gasteiger partial charge on any atom is -0.352 e. The molecule has 20 heavy (non-hydrogen) atoms. The van der Waals surface area contributed by atoms with Gasteiger partial charge < -0.3 is 5.32 Å². The van der Waals surface area contributed by atoms with E-state index in [0.717, 1.165) is 12.2 Å². The molecule has 0 spiro atoms. The number of fused-ring (bicyclic) bond motifs is 1. The van der Waals surface area contributed by atoms with Gasteiger partial charge in [-0.3, -0.25) is 14.9 Å². The van der Waals surface area contributed by atoms with Crippen molar-refractivity contribution in [1.82, 2.24) is 20.2 Å².